The van der Waals surface area contributed by atoms with E-state index in [-0.39, 0.29) is 0 Å². The standard InChI is InChI=1S/C78H58N2Si/c1-81(2,63-45-41-55-47-53-39-43-61(49-65(53)67(55)51-63)79-73-35-19-15-31-69(73)77(57-23-7-3-8-24-57,58-25-9-4-10-26-58)70-32-16-20-36-74(70)79)64-46-42-56-48-54-40-44-62(50-66(54)68(56)52-64)80-75-37-21-17-33-71(75)78(59-27-11-5-12-28-59,60-29-13-6-14-30-60)72-34-18-22-38-76(72)80/h3-46,49-52H,47-48H2,1-2H3. The smallest absolute Gasteiger partial charge is 0.112 e. The van der Waals surface area contributed by atoms with Gasteiger partial charge in [-0.1, -0.05) is 266 Å². The van der Waals surface area contributed by atoms with Gasteiger partial charge in [0, 0.05) is 11.4 Å². The first-order chi connectivity index (χ1) is 39.9. The second kappa shape index (κ2) is 18.3. The van der Waals surface area contributed by atoms with Gasteiger partial charge in [-0.05, 0) is 150 Å². The van der Waals surface area contributed by atoms with Crippen molar-refractivity contribution < 1.29 is 0 Å². The highest BCUT2D eigenvalue weighted by Crippen LogP contribution is 2.60. The molecule has 12 aromatic rings. The highest BCUT2D eigenvalue weighted by atomic mass is 28.3. The van der Waals surface area contributed by atoms with Crippen LogP contribution in [-0.2, 0) is 23.7 Å². The lowest BCUT2D eigenvalue weighted by Gasteiger charge is -2.46. The average molecular weight is 1050 g/mol. The molecule has 2 heterocycles. The van der Waals surface area contributed by atoms with Crippen LogP contribution in [0.1, 0.15) is 66.8 Å². The summed E-state index contributed by atoms with van der Waals surface area (Å²) in [6, 6.07) is 110. The van der Waals surface area contributed by atoms with E-state index < -0.39 is 18.9 Å². The Morgan fingerprint density at radius 1 is 0.272 bits per heavy atom. The van der Waals surface area contributed by atoms with Crippen LogP contribution in [0.2, 0.25) is 13.1 Å². The van der Waals surface area contributed by atoms with E-state index in [9.17, 15) is 0 Å². The third kappa shape index (κ3) is 6.92. The van der Waals surface area contributed by atoms with Gasteiger partial charge in [-0.15, -0.1) is 0 Å². The van der Waals surface area contributed by atoms with Crippen LogP contribution in [0.3, 0.4) is 0 Å². The maximum absolute atomic E-state index is 2.57. The summed E-state index contributed by atoms with van der Waals surface area (Å²) in [5.74, 6) is 0. The van der Waals surface area contributed by atoms with E-state index in [1.165, 1.54) is 134 Å². The quantitative estimate of drug-likeness (QED) is 0.140. The number of nitrogens with zero attached hydrogens (tertiary/aromatic N) is 2. The molecular formula is C78H58N2Si. The maximum atomic E-state index is 2.57. The van der Waals surface area contributed by atoms with Crippen LogP contribution in [0.25, 0.3) is 22.3 Å². The minimum atomic E-state index is -2.25. The lowest BCUT2D eigenvalue weighted by molar-refractivity contribution is 0.731. The van der Waals surface area contributed by atoms with Crippen molar-refractivity contribution in [2.45, 2.75) is 36.8 Å². The highest BCUT2D eigenvalue weighted by Gasteiger charge is 2.48. The molecule has 0 saturated carbocycles. The van der Waals surface area contributed by atoms with Crippen LogP contribution < -0.4 is 20.2 Å². The van der Waals surface area contributed by atoms with Crippen molar-refractivity contribution in [3.8, 4) is 22.3 Å². The summed E-state index contributed by atoms with van der Waals surface area (Å²) in [7, 11) is -2.25. The minimum Gasteiger partial charge on any atom is -0.310 e. The molecule has 2 aliphatic heterocycles. The average Bonchev–Trinajstić information content (AvgIpc) is 4.29. The molecule has 0 fully saturated rings. The zero-order chi connectivity index (χ0) is 53.9. The van der Waals surface area contributed by atoms with Crippen molar-refractivity contribution >= 4 is 52.6 Å². The van der Waals surface area contributed by atoms with Crippen LogP contribution in [-0.4, -0.2) is 8.07 Å². The van der Waals surface area contributed by atoms with Gasteiger partial charge < -0.3 is 9.80 Å². The molecule has 3 heteroatoms. The van der Waals surface area contributed by atoms with Crippen LogP contribution in [0.4, 0.5) is 34.1 Å². The Hall–Kier alpha value is -9.54. The third-order valence-electron chi connectivity index (χ3n) is 18.7. The molecule has 0 aromatic heterocycles. The molecule has 81 heavy (non-hydrogen) atoms. The molecule has 16 rings (SSSR count). The first-order valence-electron chi connectivity index (χ1n) is 28.7. The van der Waals surface area contributed by atoms with Crippen molar-refractivity contribution in [2.75, 3.05) is 9.80 Å². The largest absolute Gasteiger partial charge is 0.310 e. The normalized spacial score (nSPS) is 14.6. The van der Waals surface area contributed by atoms with E-state index in [1.807, 2.05) is 0 Å². The number of benzene rings is 12. The van der Waals surface area contributed by atoms with Gasteiger partial charge in [0.1, 0.15) is 8.07 Å². The Morgan fingerprint density at radius 3 is 0.840 bits per heavy atom. The van der Waals surface area contributed by atoms with E-state index in [2.05, 4.69) is 314 Å². The molecule has 4 aliphatic rings. The number of para-hydroxylation sites is 4. The van der Waals surface area contributed by atoms with Crippen molar-refractivity contribution in [3.63, 3.8) is 0 Å². The summed E-state index contributed by atoms with van der Waals surface area (Å²) in [5, 5.41) is 2.91. The van der Waals surface area contributed by atoms with Gasteiger partial charge in [0.25, 0.3) is 0 Å². The summed E-state index contributed by atoms with van der Waals surface area (Å²) in [6.45, 7) is 5.10. The number of fused-ring (bicyclic) bond motifs is 10. The highest BCUT2D eigenvalue weighted by molar-refractivity contribution is 7.00. The second-order valence-electron chi connectivity index (χ2n) is 23.1. The molecule has 2 aliphatic carbocycles. The van der Waals surface area contributed by atoms with Gasteiger partial charge in [0.15, 0.2) is 0 Å². The van der Waals surface area contributed by atoms with Crippen LogP contribution >= 0.6 is 0 Å². The topological polar surface area (TPSA) is 6.48 Å². The molecule has 0 atom stereocenters. The first kappa shape index (κ1) is 47.5. The lowest BCUT2D eigenvalue weighted by Crippen LogP contribution is -2.52. The maximum Gasteiger partial charge on any atom is 0.112 e. The predicted molar refractivity (Wildman–Crippen MR) is 339 cm³/mol. The second-order valence-corrected chi connectivity index (χ2v) is 27.5. The molecule has 2 nitrogen and oxygen atoms in total. The predicted octanol–water partition coefficient (Wildman–Crippen LogP) is 18.0. The fraction of sp³-hybridized carbons (Fsp3) is 0.0769. The van der Waals surface area contributed by atoms with Gasteiger partial charge in [-0.3, -0.25) is 0 Å². The molecule has 0 saturated heterocycles. The summed E-state index contributed by atoms with van der Waals surface area (Å²) in [4.78, 5) is 5.05. The van der Waals surface area contributed by atoms with Crippen LogP contribution in [0.5, 0.6) is 0 Å². The zero-order valence-electron chi connectivity index (χ0n) is 45.5. The van der Waals surface area contributed by atoms with Crippen molar-refractivity contribution in [1.82, 2.24) is 0 Å². The summed E-state index contributed by atoms with van der Waals surface area (Å²) < 4.78 is 0. The van der Waals surface area contributed by atoms with Crippen molar-refractivity contribution in [1.29, 1.82) is 0 Å². The third-order valence-corrected chi connectivity index (χ3v) is 22.2. The van der Waals surface area contributed by atoms with Gasteiger partial charge in [0.2, 0.25) is 0 Å². The van der Waals surface area contributed by atoms with E-state index in [0.717, 1.165) is 12.8 Å². The van der Waals surface area contributed by atoms with E-state index in [0.29, 0.717) is 0 Å². The van der Waals surface area contributed by atoms with E-state index in [1.54, 1.807) is 0 Å². The number of rotatable bonds is 8. The Bertz CT molecular complexity index is 3990. The van der Waals surface area contributed by atoms with Gasteiger partial charge in [0.05, 0.1) is 33.6 Å². The number of hydrogen-bond donors (Lipinski definition) is 0. The van der Waals surface area contributed by atoms with E-state index in [4.69, 9.17) is 0 Å². The summed E-state index contributed by atoms with van der Waals surface area (Å²) in [5.41, 5.74) is 27.3. The van der Waals surface area contributed by atoms with Crippen molar-refractivity contribution in [2.24, 2.45) is 0 Å². The Morgan fingerprint density at radius 2 is 0.531 bits per heavy atom. The van der Waals surface area contributed by atoms with Crippen molar-refractivity contribution in [3.05, 3.63) is 358 Å². The van der Waals surface area contributed by atoms with Crippen LogP contribution in [0.15, 0.2) is 291 Å². The molecule has 12 aromatic carbocycles. The van der Waals surface area contributed by atoms with Gasteiger partial charge in [-0.25, -0.2) is 0 Å². The summed E-state index contributed by atoms with van der Waals surface area (Å²) >= 11 is 0. The molecule has 0 N–H and O–H groups in total. The first-order valence-corrected chi connectivity index (χ1v) is 31.7. The monoisotopic (exact) mass is 1050 g/mol. The Balaban J connectivity index is 0.770. The van der Waals surface area contributed by atoms with Gasteiger partial charge >= 0.3 is 0 Å². The zero-order valence-corrected chi connectivity index (χ0v) is 46.5. The molecule has 0 unspecified atom stereocenters. The van der Waals surface area contributed by atoms with E-state index >= 15 is 0 Å². The van der Waals surface area contributed by atoms with Crippen LogP contribution in [0, 0.1) is 0 Å². The molecule has 0 bridgehead atoms. The fourth-order valence-electron chi connectivity index (χ4n) is 14.9. The molecule has 0 radical (unpaired) electrons. The molecular weight excluding hydrogens is 993 g/mol. The Kier molecular flexibility index (Phi) is 10.7. The number of hydrogen-bond acceptors (Lipinski definition) is 2. The fourth-order valence-corrected chi connectivity index (χ4v) is 17.3. The molecule has 0 amide bonds. The molecule has 0 spiro atoms. The minimum absolute atomic E-state index is 0.506. The van der Waals surface area contributed by atoms with Gasteiger partial charge in [-0.2, -0.15) is 0 Å². The Labute approximate surface area is 476 Å². The lowest BCUT2D eigenvalue weighted by atomic mass is 9.62. The number of anilines is 6. The summed E-state index contributed by atoms with van der Waals surface area (Å²) in [6.07, 6.45) is 1.88. The molecule has 384 valence electrons. The SMILES string of the molecule is C[Si](C)(c1ccc2c(c1)-c1cc(N3c4ccccc4C(c4ccccc4)(c4ccccc4)c4ccccc43)ccc1C2)c1ccc2c(c1)-c1cc(N3c4ccccc4C(c4ccccc4)(c4ccccc4)c4ccccc43)ccc1C2.